The van der Waals surface area contributed by atoms with E-state index < -0.39 is 0 Å². The van der Waals surface area contributed by atoms with Crippen molar-refractivity contribution in [2.45, 2.75) is 38.6 Å². The van der Waals surface area contributed by atoms with Gasteiger partial charge in [-0.25, -0.2) is 4.98 Å². The number of imidazole rings is 1. The lowest BCUT2D eigenvalue weighted by Crippen LogP contribution is -2.45. The Bertz CT molecular complexity index is 1050. The lowest BCUT2D eigenvalue weighted by Gasteiger charge is -2.45. The summed E-state index contributed by atoms with van der Waals surface area (Å²) in [5, 5.41) is 9.68. The Morgan fingerprint density at radius 3 is 2.81 bits per heavy atom. The molecule has 0 spiro atoms. The molecule has 27 heavy (non-hydrogen) atoms. The average Bonchev–Trinajstić information content (AvgIpc) is 3.08. The summed E-state index contributed by atoms with van der Waals surface area (Å²) in [4.78, 5) is 10.2. The van der Waals surface area contributed by atoms with E-state index in [1.165, 1.54) is 11.3 Å². The van der Waals surface area contributed by atoms with Crippen LogP contribution in [0.5, 0.6) is 0 Å². The van der Waals surface area contributed by atoms with Crippen molar-refractivity contribution in [3.8, 4) is 6.07 Å². The third-order valence-corrected chi connectivity index (χ3v) is 5.73. The highest BCUT2D eigenvalue weighted by Crippen LogP contribution is 2.42. The van der Waals surface area contributed by atoms with Crippen LogP contribution in [0, 0.1) is 11.3 Å². The maximum absolute atomic E-state index is 9.68. The number of fused-ring (bicyclic) bond motifs is 2. The molecule has 4 heteroatoms. The topological polar surface area (TPSA) is 55.7 Å². The van der Waals surface area contributed by atoms with Gasteiger partial charge in [0.1, 0.15) is 11.9 Å². The van der Waals surface area contributed by atoms with E-state index in [4.69, 9.17) is 0 Å². The summed E-state index contributed by atoms with van der Waals surface area (Å²) in [7, 11) is 2.16. The molecule has 0 saturated carbocycles. The Labute approximate surface area is 160 Å². The van der Waals surface area contributed by atoms with Crippen molar-refractivity contribution in [3.05, 3.63) is 59.4 Å². The number of benzene rings is 2. The fourth-order valence-electron chi connectivity index (χ4n) is 4.09. The molecule has 0 amide bonds. The zero-order valence-corrected chi connectivity index (χ0v) is 16.2. The lowest BCUT2D eigenvalue weighted by atomic mass is 9.80. The molecule has 3 aromatic rings. The highest BCUT2D eigenvalue weighted by Gasteiger charge is 2.33. The predicted molar refractivity (Wildman–Crippen MR) is 112 cm³/mol. The number of anilines is 1. The number of hydrogen-bond donors (Lipinski definition) is 1. The second-order valence-corrected chi connectivity index (χ2v) is 8.07. The van der Waals surface area contributed by atoms with E-state index in [-0.39, 0.29) is 5.54 Å². The molecule has 2 aromatic carbocycles. The number of aromatic amines is 1. The molecule has 4 nitrogen and oxygen atoms in total. The Morgan fingerprint density at radius 2 is 2.07 bits per heavy atom. The van der Waals surface area contributed by atoms with Gasteiger partial charge in [0.05, 0.1) is 16.6 Å². The van der Waals surface area contributed by atoms with Crippen molar-refractivity contribution in [1.29, 1.82) is 5.26 Å². The van der Waals surface area contributed by atoms with Gasteiger partial charge in [-0.15, -0.1) is 0 Å². The fraction of sp³-hybridized carbons (Fsp3) is 0.304. The van der Waals surface area contributed by atoms with Gasteiger partial charge in [-0.05, 0) is 67.7 Å². The Hall–Kier alpha value is -3.06. The number of nitrogens with zero attached hydrogens (tertiary/aromatic N) is 3. The van der Waals surface area contributed by atoms with Crippen LogP contribution in [0.15, 0.2) is 42.5 Å². The van der Waals surface area contributed by atoms with Gasteiger partial charge in [0.15, 0.2) is 0 Å². The summed E-state index contributed by atoms with van der Waals surface area (Å²) < 4.78 is 0. The van der Waals surface area contributed by atoms with Gasteiger partial charge in [0.25, 0.3) is 0 Å². The van der Waals surface area contributed by atoms with E-state index in [0.717, 1.165) is 23.0 Å². The van der Waals surface area contributed by atoms with E-state index >= 15 is 0 Å². The molecule has 2 heterocycles. The van der Waals surface area contributed by atoms with Crippen molar-refractivity contribution >= 4 is 28.4 Å². The first-order chi connectivity index (χ1) is 12.9. The second-order valence-electron chi connectivity index (χ2n) is 8.07. The summed E-state index contributed by atoms with van der Waals surface area (Å²) in [5.41, 5.74) is 6.16. The molecule has 1 aromatic heterocycles. The summed E-state index contributed by atoms with van der Waals surface area (Å²) in [5.74, 6) is 1.10. The van der Waals surface area contributed by atoms with Gasteiger partial charge in [0.2, 0.25) is 0 Å². The molecule has 0 fully saturated rings. The number of para-hydroxylation sites is 2. The molecule has 1 aliphatic heterocycles. The molecule has 4 rings (SSSR count). The standard InChI is InChI=1S/C23H24N4/c1-15-13-23(2,3)27(4)21-10-9-16(12-18(15)21)11-17(14-24)22-25-19-7-5-6-8-20(19)26-22/h5-12,15H,13H2,1-4H3,(H,25,26)/b17-11-/t15-/m1/s1. The molecule has 136 valence electrons. The van der Waals surface area contributed by atoms with Crippen LogP contribution in [0.3, 0.4) is 0 Å². The third kappa shape index (κ3) is 3.00. The van der Waals surface area contributed by atoms with Crippen LogP contribution in [-0.2, 0) is 0 Å². The number of nitriles is 1. The molecule has 0 bridgehead atoms. The number of H-pyrrole nitrogens is 1. The summed E-state index contributed by atoms with van der Waals surface area (Å²) in [6, 6.07) is 16.6. The SMILES string of the molecule is C[C@@H]1CC(C)(C)N(C)c2ccc(/C=C(/C#N)c3nc4ccccc4[nH]3)cc21. The monoisotopic (exact) mass is 356 g/mol. The van der Waals surface area contributed by atoms with Gasteiger partial charge < -0.3 is 9.88 Å². The zero-order chi connectivity index (χ0) is 19.2. The molecule has 0 radical (unpaired) electrons. The molecule has 1 N–H and O–H groups in total. The van der Waals surface area contributed by atoms with E-state index in [1.54, 1.807) is 0 Å². The lowest BCUT2D eigenvalue weighted by molar-refractivity contribution is 0.395. The van der Waals surface area contributed by atoms with Gasteiger partial charge >= 0.3 is 0 Å². The van der Waals surface area contributed by atoms with Crippen molar-refractivity contribution < 1.29 is 0 Å². The number of hydrogen-bond acceptors (Lipinski definition) is 3. The number of rotatable bonds is 2. The van der Waals surface area contributed by atoms with Crippen LogP contribution in [0.1, 0.15) is 50.1 Å². The van der Waals surface area contributed by atoms with E-state index in [1.807, 2.05) is 30.3 Å². The maximum atomic E-state index is 9.68. The largest absolute Gasteiger partial charge is 0.369 e. The van der Waals surface area contributed by atoms with Crippen LogP contribution in [0.2, 0.25) is 0 Å². The minimum Gasteiger partial charge on any atom is -0.369 e. The predicted octanol–water partition coefficient (Wildman–Crippen LogP) is 5.35. The van der Waals surface area contributed by atoms with Crippen molar-refractivity contribution in [1.82, 2.24) is 9.97 Å². The van der Waals surface area contributed by atoms with Crippen LogP contribution in [0.4, 0.5) is 5.69 Å². The third-order valence-electron chi connectivity index (χ3n) is 5.73. The van der Waals surface area contributed by atoms with E-state index in [2.05, 4.69) is 67.0 Å². The summed E-state index contributed by atoms with van der Waals surface area (Å²) in [6.07, 6.45) is 3.03. The fourth-order valence-corrected chi connectivity index (χ4v) is 4.09. The zero-order valence-electron chi connectivity index (χ0n) is 16.2. The molecular weight excluding hydrogens is 332 g/mol. The van der Waals surface area contributed by atoms with Gasteiger partial charge in [0, 0.05) is 18.3 Å². The highest BCUT2D eigenvalue weighted by atomic mass is 15.2. The number of nitrogens with one attached hydrogen (secondary N) is 1. The van der Waals surface area contributed by atoms with Crippen LogP contribution >= 0.6 is 0 Å². The first-order valence-corrected chi connectivity index (χ1v) is 9.34. The molecule has 1 atom stereocenters. The normalized spacial score (nSPS) is 19.0. The Morgan fingerprint density at radius 1 is 1.30 bits per heavy atom. The minimum absolute atomic E-state index is 0.149. The highest BCUT2D eigenvalue weighted by molar-refractivity contribution is 5.90. The first-order valence-electron chi connectivity index (χ1n) is 9.34. The van der Waals surface area contributed by atoms with Crippen LogP contribution < -0.4 is 4.90 Å². The summed E-state index contributed by atoms with van der Waals surface area (Å²) >= 11 is 0. The van der Waals surface area contributed by atoms with Crippen LogP contribution in [0.25, 0.3) is 22.7 Å². The first kappa shape index (κ1) is 17.4. The van der Waals surface area contributed by atoms with Gasteiger partial charge in [-0.2, -0.15) is 5.26 Å². The minimum atomic E-state index is 0.149. The average molecular weight is 356 g/mol. The van der Waals surface area contributed by atoms with Crippen molar-refractivity contribution in [2.75, 3.05) is 11.9 Å². The van der Waals surface area contributed by atoms with Crippen molar-refractivity contribution in [3.63, 3.8) is 0 Å². The molecule has 0 saturated heterocycles. The smallest absolute Gasteiger partial charge is 0.149 e. The quantitative estimate of drug-likeness (QED) is 0.630. The molecular formula is C23H24N4. The number of allylic oxidation sites excluding steroid dienone is 1. The molecule has 0 unspecified atom stereocenters. The summed E-state index contributed by atoms with van der Waals surface area (Å²) in [6.45, 7) is 6.86. The Kier molecular flexibility index (Phi) is 4.04. The van der Waals surface area contributed by atoms with Crippen molar-refractivity contribution in [2.24, 2.45) is 0 Å². The van der Waals surface area contributed by atoms with E-state index in [0.29, 0.717) is 17.3 Å². The maximum Gasteiger partial charge on any atom is 0.149 e. The molecule has 0 aliphatic carbocycles. The van der Waals surface area contributed by atoms with Crippen LogP contribution in [-0.4, -0.2) is 22.6 Å². The van der Waals surface area contributed by atoms with Gasteiger partial charge in [-0.3, -0.25) is 0 Å². The van der Waals surface area contributed by atoms with Gasteiger partial charge in [-0.1, -0.05) is 25.1 Å². The number of aromatic nitrogens is 2. The Balaban J connectivity index is 1.75. The molecule has 1 aliphatic rings. The van der Waals surface area contributed by atoms with E-state index in [9.17, 15) is 5.26 Å². The second kappa shape index (κ2) is 6.28.